The summed E-state index contributed by atoms with van der Waals surface area (Å²) in [5.41, 5.74) is 2.54. The molecule has 4 nitrogen and oxygen atoms in total. The third-order valence-electron chi connectivity index (χ3n) is 3.12. The van der Waals surface area contributed by atoms with Gasteiger partial charge in [0.05, 0.1) is 24.4 Å². The number of benzene rings is 1. The van der Waals surface area contributed by atoms with Crippen LogP contribution in [0.1, 0.15) is 34.5 Å². The Morgan fingerprint density at radius 2 is 2.20 bits per heavy atom. The van der Waals surface area contributed by atoms with Gasteiger partial charge in [0.15, 0.2) is 6.29 Å². The average Bonchev–Trinajstić information content (AvgIpc) is 2.85. The molecule has 1 heterocycles. The first-order chi connectivity index (χ1) is 9.65. The molecule has 0 bridgehead atoms. The SMILES string of the molecule is COCC(C)c1nn(Cc2ccccc2Br)cc1C=O. The monoisotopic (exact) mass is 336 g/mol. The molecule has 20 heavy (non-hydrogen) atoms. The molecule has 0 N–H and O–H groups in total. The van der Waals surface area contributed by atoms with Gasteiger partial charge in [-0.15, -0.1) is 0 Å². The third kappa shape index (κ3) is 3.35. The molecule has 0 amide bonds. The zero-order chi connectivity index (χ0) is 14.5. The minimum absolute atomic E-state index is 0.0978. The van der Waals surface area contributed by atoms with Crippen molar-refractivity contribution in [3.05, 3.63) is 51.8 Å². The summed E-state index contributed by atoms with van der Waals surface area (Å²) in [7, 11) is 1.65. The number of hydrogen-bond acceptors (Lipinski definition) is 3. The Morgan fingerprint density at radius 1 is 1.45 bits per heavy atom. The Balaban J connectivity index is 2.26. The van der Waals surface area contributed by atoms with Crippen molar-refractivity contribution in [2.45, 2.75) is 19.4 Å². The molecule has 2 aromatic rings. The number of carbonyl (C=O) groups is 1. The van der Waals surface area contributed by atoms with E-state index >= 15 is 0 Å². The van der Waals surface area contributed by atoms with Crippen molar-refractivity contribution in [2.75, 3.05) is 13.7 Å². The fraction of sp³-hybridized carbons (Fsp3) is 0.333. The summed E-state index contributed by atoms with van der Waals surface area (Å²) in [6.45, 7) is 3.18. The molecule has 0 saturated carbocycles. The van der Waals surface area contributed by atoms with Crippen LogP contribution in [0.2, 0.25) is 0 Å². The van der Waals surface area contributed by atoms with E-state index in [4.69, 9.17) is 4.74 Å². The lowest BCUT2D eigenvalue weighted by Gasteiger charge is -2.08. The standard InChI is InChI=1S/C15H17BrN2O2/c1-11(10-20-2)15-13(9-19)8-18(17-15)7-12-5-3-4-6-14(12)16/h3-6,8-9,11H,7,10H2,1-2H3. The van der Waals surface area contributed by atoms with Crippen LogP contribution in [0.25, 0.3) is 0 Å². The summed E-state index contributed by atoms with van der Waals surface area (Å²) in [6.07, 6.45) is 2.64. The number of halogens is 1. The summed E-state index contributed by atoms with van der Waals surface area (Å²) >= 11 is 3.52. The van der Waals surface area contributed by atoms with E-state index in [0.29, 0.717) is 18.7 Å². The van der Waals surface area contributed by atoms with Gasteiger partial charge in [-0.25, -0.2) is 0 Å². The van der Waals surface area contributed by atoms with Crippen molar-refractivity contribution >= 4 is 22.2 Å². The molecule has 106 valence electrons. The quantitative estimate of drug-likeness (QED) is 0.760. The van der Waals surface area contributed by atoms with Crippen LogP contribution < -0.4 is 0 Å². The van der Waals surface area contributed by atoms with E-state index in [9.17, 15) is 4.79 Å². The Morgan fingerprint density at radius 3 is 2.85 bits per heavy atom. The van der Waals surface area contributed by atoms with Gasteiger partial charge in [0.25, 0.3) is 0 Å². The highest BCUT2D eigenvalue weighted by atomic mass is 79.9. The second kappa shape index (κ2) is 6.81. The molecule has 0 aliphatic heterocycles. The van der Waals surface area contributed by atoms with Gasteiger partial charge in [-0.3, -0.25) is 9.48 Å². The van der Waals surface area contributed by atoms with Gasteiger partial charge in [0, 0.05) is 23.7 Å². The van der Waals surface area contributed by atoms with E-state index in [2.05, 4.69) is 21.0 Å². The molecule has 0 aliphatic carbocycles. The lowest BCUT2D eigenvalue weighted by molar-refractivity contribution is 0.112. The first-order valence-corrected chi connectivity index (χ1v) is 7.20. The van der Waals surface area contributed by atoms with Gasteiger partial charge in [0.1, 0.15) is 0 Å². The Hall–Kier alpha value is -1.46. The molecule has 0 fully saturated rings. The number of ether oxygens (including phenoxy) is 1. The molecule has 2 rings (SSSR count). The number of rotatable bonds is 6. The third-order valence-corrected chi connectivity index (χ3v) is 3.89. The summed E-state index contributed by atoms with van der Waals surface area (Å²) in [5, 5.41) is 4.52. The smallest absolute Gasteiger partial charge is 0.153 e. The van der Waals surface area contributed by atoms with Crippen LogP contribution >= 0.6 is 15.9 Å². The van der Waals surface area contributed by atoms with Crippen molar-refractivity contribution in [1.29, 1.82) is 0 Å². The van der Waals surface area contributed by atoms with Crippen molar-refractivity contribution in [3.63, 3.8) is 0 Å². The molecular weight excluding hydrogens is 320 g/mol. The number of nitrogens with zero attached hydrogens (tertiary/aromatic N) is 2. The molecule has 1 aromatic carbocycles. The van der Waals surface area contributed by atoms with E-state index in [0.717, 1.165) is 22.0 Å². The van der Waals surface area contributed by atoms with Crippen LogP contribution in [0, 0.1) is 0 Å². The number of hydrogen-bond donors (Lipinski definition) is 0. The molecule has 0 aliphatic rings. The number of carbonyl (C=O) groups excluding carboxylic acids is 1. The molecule has 0 saturated heterocycles. The maximum Gasteiger partial charge on any atom is 0.153 e. The largest absolute Gasteiger partial charge is 0.384 e. The van der Waals surface area contributed by atoms with E-state index in [-0.39, 0.29) is 5.92 Å². The second-order valence-electron chi connectivity index (χ2n) is 4.73. The van der Waals surface area contributed by atoms with Crippen LogP contribution in [0.15, 0.2) is 34.9 Å². The summed E-state index contributed by atoms with van der Waals surface area (Å²) in [4.78, 5) is 11.2. The summed E-state index contributed by atoms with van der Waals surface area (Å²) in [6, 6.07) is 7.98. The van der Waals surface area contributed by atoms with E-state index < -0.39 is 0 Å². The predicted octanol–water partition coefficient (Wildman–Crippen LogP) is 3.26. The van der Waals surface area contributed by atoms with Crippen molar-refractivity contribution in [1.82, 2.24) is 9.78 Å². The number of aldehydes is 1. The lowest BCUT2D eigenvalue weighted by atomic mass is 10.1. The zero-order valence-corrected chi connectivity index (χ0v) is 13.1. The number of methoxy groups -OCH3 is 1. The minimum Gasteiger partial charge on any atom is -0.384 e. The highest BCUT2D eigenvalue weighted by Crippen LogP contribution is 2.20. The van der Waals surface area contributed by atoms with Gasteiger partial charge in [-0.05, 0) is 11.6 Å². The van der Waals surface area contributed by atoms with E-state index in [1.165, 1.54) is 0 Å². The van der Waals surface area contributed by atoms with Crippen LogP contribution in [0.4, 0.5) is 0 Å². The zero-order valence-electron chi connectivity index (χ0n) is 11.5. The minimum atomic E-state index is 0.0978. The first-order valence-electron chi connectivity index (χ1n) is 6.40. The Kier molecular flexibility index (Phi) is 5.09. The van der Waals surface area contributed by atoms with Crippen molar-refractivity contribution in [3.8, 4) is 0 Å². The van der Waals surface area contributed by atoms with Crippen LogP contribution in [0.5, 0.6) is 0 Å². The highest BCUT2D eigenvalue weighted by Gasteiger charge is 2.15. The predicted molar refractivity (Wildman–Crippen MR) is 81.1 cm³/mol. The first kappa shape index (κ1) is 14.9. The normalized spacial score (nSPS) is 12.3. The van der Waals surface area contributed by atoms with Crippen LogP contribution in [0.3, 0.4) is 0 Å². The van der Waals surface area contributed by atoms with Crippen LogP contribution in [-0.2, 0) is 11.3 Å². The van der Waals surface area contributed by atoms with Gasteiger partial charge >= 0.3 is 0 Å². The molecule has 1 aromatic heterocycles. The molecular formula is C15H17BrN2O2. The summed E-state index contributed by atoms with van der Waals surface area (Å²) in [5.74, 6) is 0.0978. The Bertz CT molecular complexity index is 595. The summed E-state index contributed by atoms with van der Waals surface area (Å²) < 4.78 is 7.97. The Labute approximate surface area is 126 Å². The van der Waals surface area contributed by atoms with Gasteiger partial charge in [0.2, 0.25) is 0 Å². The van der Waals surface area contributed by atoms with Gasteiger partial charge in [-0.2, -0.15) is 5.10 Å². The fourth-order valence-electron chi connectivity index (χ4n) is 2.14. The number of aromatic nitrogens is 2. The fourth-order valence-corrected chi connectivity index (χ4v) is 2.55. The molecule has 5 heteroatoms. The van der Waals surface area contributed by atoms with Crippen molar-refractivity contribution in [2.24, 2.45) is 0 Å². The molecule has 1 unspecified atom stereocenters. The maximum atomic E-state index is 11.2. The maximum absolute atomic E-state index is 11.2. The molecule has 0 radical (unpaired) electrons. The second-order valence-corrected chi connectivity index (χ2v) is 5.59. The van der Waals surface area contributed by atoms with Gasteiger partial charge in [-0.1, -0.05) is 41.1 Å². The van der Waals surface area contributed by atoms with Crippen LogP contribution in [-0.4, -0.2) is 29.8 Å². The molecule has 0 spiro atoms. The highest BCUT2D eigenvalue weighted by molar-refractivity contribution is 9.10. The van der Waals surface area contributed by atoms with E-state index in [1.54, 1.807) is 18.0 Å². The van der Waals surface area contributed by atoms with E-state index in [1.807, 2.05) is 31.2 Å². The van der Waals surface area contributed by atoms with Gasteiger partial charge < -0.3 is 4.74 Å². The van der Waals surface area contributed by atoms with Crippen molar-refractivity contribution < 1.29 is 9.53 Å². The molecule has 1 atom stereocenters. The topological polar surface area (TPSA) is 44.1 Å². The average molecular weight is 337 g/mol. The lowest BCUT2D eigenvalue weighted by Crippen LogP contribution is -2.07.